The number of Topliss-reactive ketones (excluding diaryl/α,β-unsaturated/α-hetero) is 1. The molecule has 0 aliphatic rings. The van der Waals surface area contributed by atoms with E-state index in [0.717, 1.165) is 0 Å². The van der Waals surface area contributed by atoms with Crippen molar-refractivity contribution in [2.75, 3.05) is 7.11 Å². The van der Waals surface area contributed by atoms with Crippen molar-refractivity contribution in [1.82, 2.24) is 0 Å². The first-order chi connectivity index (χ1) is 10.9. The van der Waals surface area contributed by atoms with Gasteiger partial charge in [0.25, 0.3) is 5.69 Å². The lowest BCUT2D eigenvalue weighted by molar-refractivity contribution is -0.385. The molecule has 0 saturated carbocycles. The molecular formula is C16H14FNO5. The molecule has 0 heterocycles. The molecule has 0 amide bonds. The zero-order valence-electron chi connectivity index (χ0n) is 12.5. The Hall–Kier alpha value is -2.96. The summed E-state index contributed by atoms with van der Waals surface area (Å²) in [6.07, 6.45) is -0.920. The number of halogens is 1. The number of carbonyl (C=O) groups is 1. The highest BCUT2D eigenvalue weighted by Crippen LogP contribution is 2.32. The van der Waals surface area contributed by atoms with Crippen LogP contribution >= 0.6 is 0 Å². The Balaban J connectivity index is 2.23. The number of nitro groups is 1. The molecule has 2 aromatic carbocycles. The fourth-order valence-electron chi connectivity index (χ4n) is 1.96. The van der Waals surface area contributed by atoms with Crippen LogP contribution in [0, 0.1) is 15.9 Å². The number of methoxy groups -OCH3 is 1. The van der Waals surface area contributed by atoms with E-state index in [9.17, 15) is 19.3 Å². The largest absolute Gasteiger partial charge is 0.493 e. The van der Waals surface area contributed by atoms with Gasteiger partial charge in [-0.15, -0.1) is 0 Å². The third-order valence-corrected chi connectivity index (χ3v) is 3.16. The summed E-state index contributed by atoms with van der Waals surface area (Å²) in [7, 11) is 1.39. The van der Waals surface area contributed by atoms with Crippen molar-refractivity contribution in [3.63, 3.8) is 0 Å². The molecule has 6 nitrogen and oxygen atoms in total. The lowest BCUT2D eigenvalue weighted by atomic mass is 10.1. The van der Waals surface area contributed by atoms with Gasteiger partial charge in [0.1, 0.15) is 5.82 Å². The van der Waals surface area contributed by atoms with Gasteiger partial charge in [0.2, 0.25) is 5.78 Å². The number of non-ortho nitro benzene ring substituents is 1. The van der Waals surface area contributed by atoms with E-state index >= 15 is 0 Å². The number of nitro benzene ring substituents is 1. The third-order valence-electron chi connectivity index (χ3n) is 3.16. The van der Waals surface area contributed by atoms with E-state index in [1.807, 2.05) is 0 Å². The molecule has 23 heavy (non-hydrogen) atoms. The van der Waals surface area contributed by atoms with E-state index < -0.39 is 16.8 Å². The van der Waals surface area contributed by atoms with Crippen molar-refractivity contribution in [3.05, 3.63) is 64.0 Å². The molecule has 1 atom stereocenters. The molecule has 0 fully saturated rings. The topological polar surface area (TPSA) is 78.7 Å². The summed E-state index contributed by atoms with van der Waals surface area (Å²) < 4.78 is 23.5. The van der Waals surface area contributed by atoms with Gasteiger partial charge in [0.15, 0.2) is 17.6 Å². The van der Waals surface area contributed by atoms with Crippen molar-refractivity contribution < 1.29 is 23.6 Å². The zero-order valence-corrected chi connectivity index (χ0v) is 12.5. The molecule has 2 aromatic rings. The van der Waals surface area contributed by atoms with E-state index in [-0.39, 0.29) is 28.5 Å². The Morgan fingerprint density at radius 3 is 2.39 bits per heavy atom. The maximum atomic E-state index is 12.9. The van der Waals surface area contributed by atoms with Crippen LogP contribution < -0.4 is 9.47 Å². The molecule has 120 valence electrons. The van der Waals surface area contributed by atoms with Crippen LogP contribution in [-0.2, 0) is 0 Å². The summed E-state index contributed by atoms with van der Waals surface area (Å²) in [5.41, 5.74) is 0.102. The van der Waals surface area contributed by atoms with Crippen molar-refractivity contribution in [1.29, 1.82) is 0 Å². The Labute approximate surface area is 131 Å². The molecule has 0 spiro atoms. The summed E-state index contributed by atoms with van der Waals surface area (Å²) in [6.45, 7) is 1.50. The van der Waals surface area contributed by atoms with Gasteiger partial charge in [0, 0.05) is 11.6 Å². The molecule has 0 aromatic heterocycles. The van der Waals surface area contributed by atoms with Crippen LogP contribution in [0.2, 0.25) is 0 Å². The first-order valence-corrected chi connectivity index (χ1v) is 6.71. The Morgan fingerprint density at radius 1 is 1.17 bits per heavy atom. The minimum Gasteiger partial charge on any atom is -0.493 e. The lowest BCUT2D eigenvalue weighted by Crippen LogP contribution is -2.24. The van der Waals surface area contributed by atoms with Crippen molar-refractivity contribution in [2.45, 2.75) is 13.0 Å². The lowest BCUT2D eigenvalue weighted by Gasteiger charge is -2.16. The number of ether oxygens (including phenoxy) is 2. The maximum Gasteiger partial charge on any atom is 0.273 e. The number of rotatable bonds is 6. The standard InChI is InChI=1S/C16H14FNO5/c1-10(16(19)11-3-5-12(17)6-4-11)23-15-9-13(18(20)21)7-8-14(15)22-2/h3-10H,1-2H3/t10-/m1/s1. The molecule has 7 heteroatoms. The average Bonchev–Trinajstić information content (AvgIpc) is 2.54. The number of nitrogens with zero attached hydrogens (tertiary/aromatic N) is 1. The summed E-state index contributed by atoms with van der Waals surface area (Å²) in [4.78, 5) is 22.5. The minimum atomic E-state index is -0.920. The van der Waals surface area contributed by atoms with Crippen LogP contribution in [-0.4, -0.2) is 23.9 Å². The Morgan fingerprint density at radius 2 is 1.83 bits per heavy atom. The number of carbonyl (C=O) groups excluding carboxylic acids is 1. The first kappa shape index (κ1) is 16.4. The van der Waals surface area contributed by atoms with E-state index in [4.69, 9.17) is 9.47 Å². The second kappa shape index (κ2) is 6.87. The first-order valence-electron chi connectivity index (χ1n) is 6.71. The summed E-state index contributed by atoms with van der Waals surface area (Å²) in [5, 5.41) is 10.8. The van der Waals surface area contributed by atoms with Gasteiger partial charge < -0.3 is 9.47 Å². The quantitative estimate of drug-likeness (QED) is 0.463. The van der Waals surface area contributed by atoms with Gasteiger partial charge in [0.05, 0.1) is 18.1 Å². The fourth-order valence-corrected chi connectivity index (χ4v) is 1.96. The van der Waals surface area contributed by atoms with Crippen LogP contribution in [0.1, 0.15) is 17.3 Å². The van der Waals surface area contributed by atoms with Crippen LogP contribution in [0.25, 0.3) is 0 Å². The molecule has 0 N–H and O–H groups in total. The zero-order chi connectivity index (χ0) is 17.0. The predicted molar refractivity (Wildman–Crippen MR) is 80.5 cm³/mol. The molecule has 0 aliphatic heterocycles. The maximum absolute atomic E-state index is 12.9. The normalized spacial score (nSPS) is 11.6. The van der Waals surface area contributed by atoms with E-state index in [1.165, 1.54) is 56.5 Å². The van der Waals surface area contributed by atoms with Gasteiger partial charge >= 0.3 is 0 Å². The molecule has 0 bridgehead atoms. The number of hydrogen-bond acceptors (Lipinski definition) is 5. The van der Waals surface area contributed by atoms with Crippen LogP contribution in [0.5, 0.6) is 11.5 Å². The number of ketones is 1. The van der Waals surface area contributed by atoms with Crippen molar-refractivity contribution in [2.24, 2.45) is 0 Å². The van der Waals surface area contributed by atoms with Crippen molar-refractivity contribution >= 4 is 11.5 Å². The van der Waals surface area contributed by atoms with Gasteiger partial charge in [-0.1, -0.05) is 0 Å². The van der Waals surface area contributed by atoms with Crippen molar-refractivity contribution in [3.8, 4) is 11.5 Å². The van der Waals surface area contributed by atoms with E-state index in [0.29, 0.717) is 0 Å². The molecule has 0 radical (unpaired) electrons. The van der Waals surface area contributed by atoms with Gasteiger partial charge in [-0.25, -0.2) is 4.39 Å². The second-order valence-electron chi connectivity index (χ2n) is 4.72. The molecule has 0 unspecified atom stereocenters. The van der Waals surface area contributed by atoms with Gasteiger partial charge in [-0.2, -0.15) is 0 Å². The highest BCUT2D eigenvalue weighted by Gasteiger charge is 2.20. The highest BCUT2D eigenvalue weighted by atomic mass is 19.1. The average molecular weight is 319 g/mol. The minimum absolute atomic E-state index is 0.0876. The Kier molecular flexibility index (Phi) is 4.90. The Bertz CT molecular complexity index is 730. The molecule has 0 aliphatic carbocycles. The molecule has 2 rings (SSSR count). The number of benzene rings is 2. The third kappa shape index (κ3) is 3.82. The van der Waals surface area contributed by atoms with Gasteiger partial charge in [-0.05, 0) is 37.3 Å². The SMILES string of the molecule is COc1ccc([N+](=O)[O-])cc1O[C@H](C)C(=O)c1ccc(F)cc1. The fraction of sp³-hybridized carbons (Fsp3) is 0.188. The summed E-state index contributed by atoms with van der Waals surface area (Å²) in [6, 6.07) is 8.90. The smallest absolute Gasteiger partial charge is 0.273 e. The van der Waals surface area contributed by atoms with E-state index in [1.54, 1.807) is 0 Å². The summed E-state index contributed by atoms with van der Waals surface area (Å²) in [5.74, 6) is -0.465. The highest BCUT2D eigenvalue weighted by molar-refractivity contribution is 5.99. The van der Waals surface area contributed by atoms with Crippen LogP contribution in [0.3, 0.4) is 0 Å². The van der Waals surface area contributed by atoms with Crippen LogP contribution in [0.15, 0.2) is 42.5 Å². The van der Waals surface area contributed by atoms with Gasteiger partial charge in [-0.3, -0.25) is 14.9 Å². The van der Waals surface area contributed by atoms with Crippen LogP contribution in [0.4, 0.5) is 10.1 Å². The summed E-state index contributed by atoms with van der Waals surface area (Å²) >= 11 is 0. The van der Waals surface area contributed by atoms with E-state index in [2.05, 4.69) is 0 Å². The monoisotopic (exact) mass is 319 g/mol. The number of hydrogen-bond donors (Lipinski definition) is 0. The molecular weight excluding hydrogens is 305 g/mol. The molecule has 0 saturated heterocycles. The predicted octanol–water partition coefficient (Wildman–Crippen LogP) is 3.39. The second-order valence-corrected chi connectivity index (χ2v) is 4.72.